The third-order valence-corrected chi connectivity index (χ3v) is 6.00. The molecule has 1 heterocycles. The molecule has 7 nitrogen and oxygen atoms in total. The maximum Gasteiger partial charge on any atom is 0.250 e. The average molecular weight is 487 g/mol. The van der Waals surface area contributed by atoms with Gasteiger partial charge in [0.15, 0.2) is 11.6 Å². The van der Waals surface area contributed by atoms with Gasteiger partial charge in [0.25, 0.3) is 0 Å². The van der Waals surface area contributed by atoms with Crippen molar-refractivity contribution in [3.63, 3.8) is 0 Å². The number of ether oxygens (including phenoxy) is 3. The number of hydrogen-bond acceptors (Lipinski definition) is 6. The highest BCUT2D eigenvalue weighted by atomic mass is 16.5. The van der Waals surface area contributed by atoms with Crippen LogP contribution in [-0.4, -0.2) is 42.8 Å². The van der Waals surface area contributed by atoms with Gasteiger partial charge >= 0.3 is 0 Å². The summed E-state index contributed by atoms with van der Waals surface area (Å²) in [5.41, 5.74) is 7.12. The largest absolute Gasteiger partial charge is 0.497 e. The maximum absolute atomic E-state index is 13.0. The first-order valence-electron chi connectivity index (χ1n) is 11.8. The van der Waals surface area contributed by atoms with E-state index in [1.807, 2.05) is 78.9 Å². The Morgan fingerprint density at radius 1 is 1.08 bits per heavy atom. The topological polar surface area (TPSA) is 103 Å². The van der Waals surface area contributed by atoms with Crippen LogP contribution in [0.5, 0.6) is 11.5 Å². The van der Waals surface area contributed by atoms with Crippen molar-refractivity contribution < 1.29 is 24.1 Å². The fourth-order valence-corrected chi connectivity index (χ4v) is 4.08. The number of hydrogen-bond donors (Lipinski definition) is 2. The van der Waals surface area contributed by atoms with Crippen LogP contribution in [0.25, 0.3) is 6.08 Å². The van der Waals surface area contributed by atoms with Gasteiger partial charge in [-0.15, -0.1) is 0 Å². The molecule has 0 spiro atoms. The third kappa shape index (κ3) is 5.58. The second-order valence-corrected chi connectivity index (χ2v) is 8.45. The van der Waals surface area contributed by atoms with E-state index in [1.165, 1.54) is 0 Å². The monoisotopic (exact) mass is 486 g/mol. The SMILES string of the molecule is COc1cccc([C@H]2OC(c3ccc(OCCCO)cc3)=N[C@@]2(C/C=C/c2ccccc2)C(N)=O)c1. The minimum atomic E-state index is -1.34. The molecule has 0 bridgehead atoms. The highest BCUT2D eigenvalue weighted by molar-refractivity contribution is 6.00. The molecule has 186 valence electrons. The fraction of sp³-hybridized carbons (Fsp3) is 0.241. The molecule has 0 aromatic heterocycles. The zero-order chi connectivity index (χ0) is 25.4. The van der Waals surface area contributed by atoms with Crippen LogP contribution in [0.1, 0.15) is 35.6 Å². The number of amides is 1. The van der Waals surface area contributed by atoms with Gasteiger partial charge in [0.1, 0.15) is 11.5 Å². The van der Waals surface area contributed by atoms with Crippen molar-refractivity contribution in [1.29, 1.82) is 0 Å². The number of benzene rings is 3. The van der Waals surface area contributed by atoms with Crippen LogP contribution in [0.15, 0.2) is 89.9 Å². The zero-order valence-corrected chi connectivity index (χ0v) is 20.2. The number of primary amides is 1. The van der Waals surface area contributed by atoms with Crippen LogP contribution in [0, 0.1) is 0 Å². The molecular weight excluding hydrogens is 456 g/mol. The molecule has 1 aliphatic rings. The average Bonchev–Trinajstić information content (AvgIpc) is 3.31. The number of nitrogens with zero attached hydrogens (tertiary/aromatic N) is 1. The molecule has 0 unspecified atom stereocenters. The summed E-state index contributed by atoms with van der Waals surface area (Å²) in [5.74, 6) is 1.07. The van der Waals surface area contributed by atoms with Crippen LogP contribution >= 0.6 is 0 Å². The Morgan fingerprint density at radius 3 is 2.56 bits per heavy atom. The Labute approximate surface area is 210 Å². The molecule has 1 aliphatic heterocycles. The van der Waals surface area contributed by atoms with Gasteiger partial charge < -0.3 is 25.1 Å². The van der Waals surface area contributed by atoms with Gasteiger partial charge in [0.2, 0.25) is 11.8 Å². The number of aliphatic imine (C=N–C) groups is 1. The Kier molecular flexibility index (Phi) is 8.02. The van der Waals surface area contributed by atoms with Gasteiger partial charge in [0.05, 0.1) is 13.7 Å². The van der Waals surface area contributed by atoms with Gasteiger partial charge in [0, 0.05) is 25.0 Å². The van der Waals surface area contributed by atoms with Gasteiger partial charge in [-0.25, -0.2) is 4.99 Å². The standard InChI is InChI=1S/C29H30N2O5/c1-34-25-12-5-11-23(20-25)26-29(28(30)33,17-6-10-21-8-3-2-4-9-21)31-27(36-26)22-13-15-24(16-14-22)35-19-7-18-32/h2-6,8-16,20,26,32H,7,17-19H2,1H3,(H2,30,33)/b10-6+/t26-,29-/m1/s1. The van der Waals surface area contributed by atoms with Gasteiger partial charge in [-0.1, -0.05) is 54.6 Å². The molecule has 7 heteroatoms. The van der Waals surface area contributed by atoms with Crippen molar-refractivity contribution in [2.24, 2.45) is 10.7 Å². The van der Waals surface area contributed by atoms with Crippen molar-refractivity contribution in [3.05, 3.63) is 102 Å². The van der Waals surface area contributed by atoms with Crippen LogP contribution in [-0.2, 0) is 9.53 Å². The van der Waals surface area contributed by atoms with Gasteiger partial charge in [-0.3, -0.25) is 4.79 Å². The summed E-state index contributed by atoms with van der Waals surface area (Å²) in [6.45, 7) is 0.492. The molecular formula is C29H30N2O5. The lowest BCUT2D eigenvalue weighted by Gasteiger charge is -2.28. The summed E-state index contributed by atoms with van der Waals surface area (Å²) < 4.78 is 17.3. The van der Waals surface area contributed by atoms with Crippen LogP contribution in [0.3, 0.4) is 0 Å². The fourth-order valence-electron chi connectivity index (χ4n) is 4.08. The van der Waals surface area contributed by atoms with E-state index < -0.39 is 17.6 Å². The van der Waals surface area contributed by atoms with E-state index in [9.17, 15) is 4.79 Å². The number of nitrogens with two attached hydrogens (primary N) is 1. The summed E-state index contributed by atoms with van der Waals surface area (Å²) in [5, 5.41) is 8.94. The van der Waals surface area contributed by atoms with Crippen molar-refractivity contribution in [3.8, 4) is 11.5 Å². The molecule has 4 rings (SSSR count). The molecule has 2 atom stereocenters. The van der Waals surface area contributed by atoms with E-state index in [2.05, 4.69) is 0 Å². The summed E-state index contributed by atoms with van der Waals surface area (Å²) in [6, 6.07) is 24.5. The Bertz CT molecular complexity index is 1220. The smallest absolute Gasteiger partial charge is 0.250 e. The number of aliphatic hydroxyl groups excluding tert-OH is 1. The van der Waals surface area contributed by atoms with Gasteiger partial charge in [-0.2, -0.15) is 0 Å². The predicted octanol–water partition coefficient (Wildman–Crippen LogP) is 4.30. The normalized spacial score (nSPS) is 19.1. The number of aliphatic hydroxyl groups is 1. The summed E-state index contributed by atoms with van der Waals surface area (Å²) >= 11 is 0. The van der Waals surface area contributed by atoms with Crippen molar-refractivity contribution in [2.75, 3.05) is 20.3 Å². The summed E-state index contributed by atoms with van der Waals surface area (Å²) in [7, 11) is 1.59. The summed E-state index contributed by atoms with van der Waals surface area (Å²) in [4.78, 5) is 17.8. The quantitative estimate of drug-likeness (QED) is 0.393. The van der Waals surface area contributed by atoms with Crippen LogP contribution < -0.4 is 15.2 Å². The van der Waals surface area contributed by atoms with E-state index in [0.29, 0.717) is 36.0 Å². The minimum Gasteiger partial charge on any atom is -0.497 e. The van der Waals surface area contributed by atoms with Crippen molar-refractivity contribution >= 4 is 17.9 Å². The molecule has 0 saturated heterocycles. The van der Waals surface area contributed by atoms with E-state index >= 15 is 0 Å². The van der Waals surface area contributed by atoms with Crippen molar-refractivity contribution in [2.45, 2.75) is 24.5 Å². The second-order valence-electron chi connectivity index (χ2n) is 8.45. The highest BCUT2D eigenvalue weighted by Gasteiger charge is 2.51. The Balaban J connectivity index is 1.68. The third-order valence-electron chi connectivity index (χ3n) is 6.00. The Hall–Kier alpha value is -4.10. The van der Waals surface area contributed by atoms with E-state index in [4.69, 9.17) is 30.0 Å². The highest BCUT2D eigenvalue weighted by Crippen LogP contribution is 2.43. The van der Waals surface area contributed by atoms with Crippen LogP contribution in [0.4, 0.5) is 0 Å². The first-order chi connectivity index (χ1) is 17.6. The number of carbonyl (C=O) groups excluding carboxylic acids is 1. The molecule has 3 aromatic rings. The van der Waals surface area contributed by atoms with Crippen molar-refractivity contribution in [1.82, 2.24) is 0 Å². The minimum absolute atomic E-state index is 0.0717. The molecule has 36 heavy (non-hydrogen) atoms. The van der Waals surface area contributed by atoms with Gasteiger partial charge in [-0.05, 0) is 47.5 Å². The molecule has 0 saturated carbocycles. The zero-order valence-electron chi connectivity index (χ0n) is 20.2. The predicted molar refractivity (Wildman–Crippen MR) is 139 cm³/mol. The number of carbonyl (C=O) groups is 1. The number of methoxy groups -OCH3 is 1. The lowest BCUT2D eigenvalue weighted by Crippen LogP contribution is -2.45. The molecule has 3 N–H and O–H groups in total. The second kappa shape index (κ2) is 11.6. The Morgan fingerprint density at radius 2 is 1.86 bits per heavy atom. The molecule has 3 aromatic carbocycles. The molecule has 0 aliphatic carbocycles. The maximum atomic E-state index is 13.0. The molecule has 1 amide bonds. The van der Waals surface area contributed by atoms with E-state index in [0.717, 1.165) is 11.1 Å². The van der Waals surface area contributed by atoms with Crippen LogP contribution in [0.2, 0.25) is 0 Å². The molecule has 0 radical (unpaired) electrons. The first-order valence-corrected chi connectivity index (χ1v) is 11.8. The van der Waals surface area contributed by atoms with E-state index in [1.54, 1.807) is 19.2 Å². The number of rotatable bonds is 11. The molecule has 0 fully saturated rings. The lowest BCUT2D eigenvalue weighted by molar-refractivity contribution is -0.125. The summed E-state index contributed by atoms with van der Waals surface area (Å²) in [6.07, 6.45) is 3.92. The first kappa shape index (κ1) is 25.0. The lowest BCUT2D eigenvalue weighted by atomic mass is 9.84. The van der Waals surface area contributed by atoms with E-state index in [-0.39, 0.29) is 13.0 Å².